The average molecular weight is 387 g/mol. The van der Waals surface area contributed by atoms with Crippen molar-refractivity contribution >= 4 is 5.91 Å². The molecule has 1 aromatic rings. The van der Waals surface area contributed by atoms with Crippen molar-refractivity contribution in [1.29, 1.82) is 0 Å². The number of nitrogens with one attached hydrogen (secondary N) is 1. The lowest BCUT2D eigenvalue weighted by Gasteiger charge is -2.41. The molecule has 3 rings (SSSR count). The number of likely N-dealkylation sites (tertiary alicyclic amines) is 2. The fraction of sp³-hybridized carbons (Fsp3) is 0.739. The minimum absolute atomic E-state index is 0.216. The number of carbonyl (C=O) groups is 1. The number of pyridine rings is 1. The zero-order valence-electron chi connectivity index (χ0n) is 18.0. The molecule has 5 heteroatoms. The maximum Gasteiger partial charge on any atom is 0.223 e. The van der Waals surface area contributed by atoms with Crippen molar-refractivity contribution in [3.8, 4) is 0 Å². The number of amides is 1. The Morgan fingerprint density at radius 3 is 2.54 bits per heavy atom. The van der Waals surface area contributed by atoms with E-state index in [1.807, 2.05) is 0 Å². The Morgan fingerprint density at radius 2 is 1.89 bits per heavy atom. The molecule has 3 heterocycles. The summed E-state index contributed by atoms with van der Waals surface area (Å²) in [6.07, 6.45) is 5.62. The van der Waals surface area contributed by atoms with E-state index in [0.29, 0.717) is 12.0 Å². The van der Waals surface area contributed by atoms with Crippen LogP contribution in [0.25, 0.3) is 0 Å². The second kappa shape index (κ2) is 10.4. The molecule has 0 bridgehead atoms. The summed E-state index contributed by atoms with van der Waals surface area (Å²) in [5, 5.41) is 3.16. The Hall–Kier alpha value is -1.46. The molecule has 2 saturated heterocycles. The third-order valence-corrected chi connectivity index (χ3v) is 6.63. The second-order valence-electron chi connectivity index (χ2n) is 8.85. The van der Waals surface area contributed by atoms with Gasteiger partial charge in [0.2, 0.25) is 5.91 Å². The van der Waals surface area contributed by atoms with Gasteiger partial charge in [-0.05, 0) is 63.7 Å². The highest BCUT2D eigenvalue weighted by Gasteiger charge is 2.30. The molecule has 0 radical (unpaired) electrons. The first-order chi connectivity index (χ1) is 13.5. The molecule has 156 valence electrons. The second-order valence-corrected chi connectivity index (χ2v) is 8.85. The molecule has 1 aromatic heterocycles. The van der Waals surface area contributed by atoms with E-state index in [4.69, 9.17) is 0 Å². The summed E-state index contributed by atoms with van der Waals surface area (Å²) in [6.45, 7) is 12.7. The van der Waals surface area contributed by atoms with Gasteiger partial charge in [-0.3, -0.25) is 14.7 Å². The largest absolute Gasteiger partial charge is 0.356 e. The molecule has 0 unspecified atom stereocenters. The maximum atomic E-state index is 12.4. The molecular weight excluding hydrogens is 348 g/mol. The smallest absolute Gasteiger partial charge is 0.223 e. The summed E-state index contributed by atoms with van der Waals surface area (Å²) in [4.78, 5) is 22.2. The minimum Gasteiger partial charge on any atom is -0.356 e. The van der Waals surface area contributed by atoms with Crippen LogP contribution in [-0.4, -0.2) is 59.5 Å². The predicted molar refractivity (Wildman–Crippen MR) is 114 cm³/mol. The molecule has 0 saturated carbocycles. The molecule has 28 heavy (non-hydrogen) atoms. The van der Waals surface area contributed by atoms with Gasteiger partial charge < -0.3 is 10.2 Å². The van der Waals surface area contributed by atoms with Crippen LogP contribution < -0.4 is 5.32 Å². The number of hydrogen-bond donors (Lipinski definition) is 1. The number of hydrogen-bond acceptors (Lipinski definition) is 4. The van der Waals surface area contributed by atoms with Gasteiger partial charge in [0.25, 0.3) is 0 Å². The first kappa shape index (κ1) is 21.3. The van der Waals surface area contributed by atoms with Crippen molar-refractivity contribution in [2.24, 2.45) is 11.8 Å². The lowest BCUT2D eigenvalue weighted by molar-refractivity contribution is -0.126. The minimum atomic E-state index is 0.216. The summed E-state index contributed by atoms with van der Waals surface area (Å²) >= 11 is 0. The van der Waals surface area contributed by atoms with Gasteiger partial charge in [-0.15, -0.1) is 0 Å². The van der Waals surface area contributed by atoms with Crippen molar-refractivity contribution in [2.75, 3.05) is 32.7 Å². The average Bonchev–Trinajstić information content (AvgIpc) is 2.72. The van der Waals surface area contributed by atoms with E-state index in [-0.39, 0.29) is 11.8 Å². The van der Waals surface area contributed by atoms with Crippen molar-refractivity contribution < 1.29 is 4.79 Å². The van der Waals surface area contributed by atoms with Gasteiger partial charge in [0.15, 0.2) is 0 Å². The molecule has 1 atom stereocenters. The number of aryl methyl sites for hydroxylation is 1. The SMILES string of the molecule is CC[C@@H](C)CNC(=O)C1CCN(C2CCN(Cc3cccc(C)n3)CC2)CC1. The van der Waals surface area contributed by atoms with Gasteiger partial charge >= 0.3 is 0 Å². The number of aromatic nitrogens is 1. The zero-order chi connectivity index (χ0) is 19.9. The van der Waals surface area contributed by atoms with Crippen molar-refractivity contribution in [2.45, 2.75) is 65.5 Å². The van der Waals surface area contributed by atoms with Crippen LogP contribution in [0.3, 0.4) is 0 Å². The molecule has 2 fully saturated rings. The third-order valence-electron chi connectivity index (χ3n) is 6.63. The van der Waals surface area contributed by atoms with Gasteiger partial charge in [-0.25, -0.2) is 0 Å². The first-order valence-electron chi connectivity index (χ1n) is 11.2. The highest BCUT2D eigenvalue weighted by molar-refractivity contribution is 5.78. The van der Waals surface area contributed by atoms with Crippen molar-refractivity contribution in [3.05, 3.63) is 29.6 Å². The van der Waals surface area contributed by atoms with Gasteiger partial charge in [0, 0.05) is 43.8 Å². The van der Waals surface area contributed by atoms with E-state index in [1.54, 1.807) is 0 Å². The standard InChI is InChI=1S/C23H38N4O/c1-4-18(2)16-24-23(28)20-8-14-27(15-9-20)22-10-12-26(13-11-22)17-21-7-5-6-19(3)25-21/h5-7,18,20,22H,4,8-17H2,1-3H3,(H,24,28)/t18-/m1/s1. The fourth-order valence-corrected chi connectivity index (χ4v) is 4.45. The van der Waals surface area contributed by atoms with Crippen LogP contribution in [0.15, 0.2) is 18.2 Å². The summed E-state index contributed by atoms with van der Waals surface area (Å²) in [5.74, 6) is 1.07. The van der Waals surface area contributed by atoms with Crippen LogP contribution in [0.5, 0.6) is 0 Å². The quantitative estimate of drug-likeness (QED) is 0.782. The molecule has 2 aliphatic heterocycles. The van der Waals surface area contributed by atoms with Crippen LogP contribution in [0.1, 0.15) is 57.3 Å². The van der Waals surface area contributed by atoms with E-state index in [9.17, 15) is 4.79 Å². The van der Waals surface area contributed by atoms with Gasteiger partial charge in [0.1, 0.15) is 0 Å². The van der Waals surface area contributed by atoms with Gasteiger partial charge in [0.05, 0.1) is 5.69 Å². The predicted octanol–water partition coefficient (Wildman–Crippen LogP) is 3.23. The Morgan fingerprint density at radius 1 is 1.18 bits per heavy atom. The first-order valence-corrected chi connectivity index (χ1v) is 11.2. The molecule has 2 aliphatic rings. The normalized spacial score (nSPS) is 21.5. The Labute approximate surface area is 170 Å². The van der Waals surface area contributed by atoms with E-state index in [1.165, 1.54) is 18.5 Å². The highest BCUT2D eigenvalue weighted by Crippen LogP contribution is 2.24. The Bertz CT molecular complexity index is 619. The van der Waals surface area contributed by atoms with Crippen LogP contribution in [-0.2, 0) is 11.3 Å². The molecule has 0 aromatic carbocycles. The maximum absolute atomic E-state index is 12.4. The molecular formula is C23H38N4O. The van der Waals surface area contributed by atoms with Crippen LogP contribution in [0.4, 0.5) is 0 Å². The number of carbonyl (C=O) groups excluding carboxylic acids is 1. The van der Waals surface area contributed by atoms with Gasteiger partial charge in [-0.2, -0.15) is 0 Å². The van der Waals surface area contributed by atoms with Crippen molar-refractivity contribution in [1.82, 2.24) is 20.1 Å². The summed E-state index contributed by atoms with van der Waals surface area (Å²) in [6, 6.07) is 6.99. The molecule has 0 spiro atoms. The molecule has 1 N–H and O–H groups in total. The highest BCUT2D eigenvalue weighted by atomic mass is 16.1. The Balaban J connectivity index is 1.37. The number of nitrogens with zero attached hydrogens (tertiary/aromatic N) is 3. The number of piperidine rings is 2. The monoisotopic (exact) mass is 386 g/mol. The summed E-state index contributed by atoms with van der Waals surface area (Å²) in [7, 11) is 0. The molecule has 0 aliphatic carbocycles. The fourth-order valence-electron chi connectivity index (χ4n) is 4.45. The van der Waals surface area contributed by atoms with Crippen LogP contribution in [0, 0.1) is 18.8 Å². The van der Waals surface area contributed by atoms with E-state index < -0.39 is 0 Å². The van der Waals surface area contributed by atoms with Crippen molar-refractivity contribution in [3.63, 3.8) is 0 Å². The zero-order valence-corrected chi connectivity index (χ0v) is 18.0. The lowest BCUT2D eigenvalue weighted by Crippen LogP contribution is -2.49. The van der Waals surface area contributed by atoms with E-state index in [0.717, 1.165) is 64.2 Å². The third kappa shape index (κ3) is 6.02. The van der Waals surface area contributed by atoms with E-state index >= 15 is 0 Å². The topological polar surface area (TPSA) is 48.5 Å². The summed E-state index contributed by atoms with van der Waals surface area (Å²) < 4.78 is 0. The Kier molecular flexibility index (Phi) is 7.86. The van der Waals surface area contributed by atoms with Gasteiger partial charge in [-0.1, -0.05) is 26.3 Å². The van der Waals surface area contributed by atoms with E-state index in [2.05, 4.69) is 59.1 Å². The molecule has 5 nitrogen and oxygen atoms in total. The van der Waals surface area contributed by atoms with Crippen LogP contribution >= 0.6 is 0 Å². The summed E-state index contributed by atoms with van der Waals surface area (Å²) in [5.41, 5.74) is 2.28. The number of rotatable bonds is 7. The molecule has 1 amide bonds. The lowest BCUT2D eigenvalue weighted by atomic mass is 9.92. The van der Waals surface area contributed by atoms with Crippen LogP contribution in [0.2, 0.25) is 0 Å².